The number of hydrogen-bond acceptors (Lipinski definition) is 1. The molecule has 86 valence electrons. The van der Waals surface area contributed by atoms with Crippen LogP contribution in [0.25, 0.3) is 0 Å². The van der Waals surface area contributed by atoms with Crippen molar-refractivity contribution >= 4 is 0 Å². The largest absolute Gasteiger partial charge is 0.336 e. The molecule has 7 heteroatoms. The topological polar surface area (TPSA) is 9.23 Å². The second-order valence-electron chi connectivity index (χ2n) is 2.79. The number of rotatable bonds is 1. The van der Waals surface area contributed by atoms with Crippen LogP contribution in [0.1, 0.15) is 13.3 Å². The van der Waals surface area contributed by atoms with E-state index in [-0.39, 0.29) is 6.92 Å². The molecule has 1 fully saturated rings. The highest BCUT2D eigenvalue weighted by Gasteiger charge is 2.71. The summed E-state index contributed by atoms with van der Waals surface area (Å²) in [5.74, 6) is -12.4. The van der Waals surface area contributed by atoms with Crippen LogP contribution < -0.4 is 0 Å². The van der Waals surface area contributed by atoms with Crippen molar-refractivity contribution in [3.05, 3.63) is 0 Å². The van der Waals surface area contributed by atoms with Gasteiger partial charge in [0.15, 0.2) is 0 Å². The van der Waals surface area contributed by atoms with E-state index in [4.69, 9.17) is 0 Å². The van der Waals surface area contributed by atoms with Crippen molar-refractivity contribution in [3.63, 3.8) is 0 Å². The van der Waals surface area contributed by atoms with Crippen LogP contribution in [-0.4, -0.2) is 31.5 Å². The molecule has 1 heterocycles. The Bertz CT molecular complexity index is 189. The minimum Gasteiger partial charge on any atom is -0.336 e. The van der Waals surface area contributed by atoms with Gasteiger partial charge in [0.25, 0.3) is 0 Å². The lowest BCUT2D eigenvalue weighted by Crippen LogP contribution is -2.53. The Morgan fingerprint density at radius 2 is 1.57 bits per heavy atom. The molecule has 1 nitrogen and oxygen atoms in total. The Labute approximate surface area is 77.0 Å². The second-order valence-corrected chi connectivity index (χ2v) is 2.79. The van der Waals surface area contributed by atoms with E-state index in [1.54, 1.807) is 0 Å². The Morgan fingerprint density at radius 1 is 1.14 bits per heavy atom. The van der Waals surface area contributed by atoms with Crippen molar-refractivity contribution in [2.75, 3.05) is 13.8 Å². The van der Waals surface area contributed by atoms with E-state index in [1.807, 2.05) is 0 Å². The van der Waals surface area contributed by atoms with Gasteiger partial charge >= 0.3 is 17.7 Å². The average Bonchev–Trinajstić information content (AvgIpc) is 2.31. The van der Waals surface area contributed by atoms with Gasteiger partial charge in [0.2, 0.25) is 0 Å². The molecule has 0 spiro atoms. The molecular weight excluding hydrogens is 214 g/mol. The minimum absolute atomic E-state index is 0.0756. The third kappa shape index (κ3) is 1.97. The van der Waals surface area contributed by atoms with Gasteiger partial charge in [-0.25, -0.2) is 8.78 Å². The summed E-state index contributed by atoms with van der Waals surface area (Å²) in [5, 5.41) is 0. The van der Waals surface area contributed by atoms with E-state index in [9.17, 15) is 26.3 Å². The van der Waals surface area contributed by atoms with Crippen LogP contribution in [0.15, 0.2) is 0 Å². The maximum atomic E-state index is 12.9. The molecule has 1 rings (SSSR count). The molecule has 1 saturated heterocycles. The maximum Gasteiger partial charge on any atom is 0.336 e. The fourth-order valence-corrected chi connectivity index (χ4v) is 1.03. The van der Waals surface area contributed by atoms with E-state index < -0.39 is 30.7 Å². The first-order valence-corrected chi connectivity index (χ1v) is 3.67. The third-order valence-electron chi connectivity index (χ3n) is 1.75. The highest BCUT2D eigenvalue weighted by molar-refractivity contribution is 4.98. The van der Waals surface area contributed by atoms with Crippen LogP contribution >= 0.6 is 0 Å². The van der Waals surface area contributed by atoms with Gasteiger partial charge in [-0.3, -0.25) is 4.39 Å². The summed E-state index contributed by atoms with van der Waals surface area (Å²) in [5.41, 5.74) is 0. The monoisotopic (exact) mass is 224 g/mol. The summed E-state index contributed by atoms with van der Waals surface area (Å²) in [4.78, 5) is 0. The lowest BCUT2D eigenvalue weighted by molar-refractivity contribution is -0.320. The molecular formula is C7H10F6O. The minimum atomic E-state index is -4.19. The lowest BCUT2D eigenvalue weighted by Gasteiger charge is -2.30. The Morgan fingerprint density at radius 3 is 1.71 bits per heavy atom. The van der Waals surface area contributed by atoms with E-state index in [0.717, 1.165) is 0 Å². The van der Waals surface area contributed by atoms with E-state index >= 15 is 0 Å². The predicted octanol–water partition coefficient (Wildman–Crippen LogP) is 2.95. The van der Waals surface area contributed by atoms with Crippen molar-refractivity contribution in [2.45, 2.75) is 31.0 Å². The summed E-state index contributed by atoms with van der Waals surface area (Å²) in [6, 6.07) is 0. The second kappa shape index (κ2) is 3.96. The predicted molar refractivity (Wildman–Crippen MR) is 37.0 cm³/mol. The summed E-state index contributed by atoms with van der Waals surface area (Å²) in [6.07, 6.45) is -1.01. The molecule has 0 N–H and O–H groups in total. The van der Waals surface area contributed by atoms with Gasteiger partial charge in [0.05, 0.1) is 13.8 Å². The molecule has 0 radical (unpaired) electrons. The van der Waals surface area contributed by atoms with E-state index in [1.165, 1.54) is 0 Å². The molecule has 1 aliphatic heterocycles. The molecule has 0 amide bonds. The molecule has 1 aliphatic rings. The fraction of sp³-hybridized carbons (Fsp3) is 1.00. The van der Waals surface area contributed by atoms with Crippen LogP contribution in [0.2, 0.25) is 0 Å². The quantitative estimate of drug-likeness (QED) is 0.622. The van der Waals surface area contributed by atoms with Gasteiger partial charge in [0, 0.05) is 13.3 Å². The Hall–Kier alpha value is -0.460. The zero-order chi connectivity index (χ0) is 11.6. The zero-order valence-electron chi connectivity index (χ0n) is 7.59. The van der Waals surface area contributed by atoms with Crippen LogP contribution in [0, 0.1) is 0 Å². The molecule has 0 aromatic rings. The van der Waals surface area contributed by atoms with Crippen LogP contribution in [0.5, 0.6) is 0 Å². The lowest BCUT2D eigenvalue weighted by atomic mass is 10.0. The zero-order valence-corrected chi connectivity index (χ0v) is 7.59. The Balaban J connectivity index is 0.000000791. The average molecular weight is 224 g/mol. The first-order valence-electron chi connectivity index (χ1n) is 3.67. The van der Waals surface area contributed by atoms with Gasteiger partial charge < -0.3 is 4.74 Å². The van der Waals surface area contributed by atoms with Gasteiger partial charge in [-0.1, -0.05) is 0 Å². The molecule has 0 saturated carbocycles. The van der Waals surface area contributed by atoms with Crippen LogP contribution in [-0.2, 0) is 4.74 Å². The molecule has 1 atom stereocenters. The van der Waals surface area contributed by atoms with Crippen molar-refractivity contribution in [2.24, 2.45) is 0 Å². The number of halogens is 6. The highest BCUT2D eigenvalue weighted by Crippen LogP contribution is 2.50. The molecule has 0 aromatic carbocycles. The Kier molecular flexibility index (Phi) is 3.83. The molecule has 14 heavy (non-hydrogen) atoms. The molecule has 0 bridgehead atoms. The molecule has 0 aromatic heterocycles. The number of ether oxygens (including phenoxy) is 1. The summed E-state index contributed by atoms with van der Waals surface area (Å²) >= 11 is 0. The van der Waals surface area contributed by atoms with Crippen molar-refractivity contribution in [1.82, 2.24) is 0 Å². The summed E-state index contributed by atoms with van der Waals surface area (Å²) in [7, 11) is 0.500. The smallest absolute Gasteiger partial charge is 0.336 e. The van der Waals surface area contributed by atoms with Gasteiger partial charge in [-0.2, -0.15) is 13.2 Å². The summed E-state index contributed by atoms with van der Waals surface area (Å²) < 4.78 is 75.8. The molecule has 1 unspecified atom stereocenters. The normalized spacial score (nSPS) is 30.9. The van der Waals surface area contributed by atoms with E-state index in [2.05, 4.69) is 4.74 Å². The fourth-order valence-electron chi connectivity index (χ4n) is 1.03. The third-order valence-corrected chi connectivity index (χ3v) is 1.75. The van der Waals surface area contributed by atoms with Crippen molar-refractivity contribution in [3.8, 4) is 0 Å². The summed E-state index contributed by atoms with van der Waals surface area (Å²) in [6.45, 7) is -0.612. The van der Waals surface area contributed by atoms with Crippen LogP contribution in [0.3, 0.4) is 0 Å². The first kappa shape index (κ1) is 13.5. The van der Waals surface area contributed by atoms with Crippen molar-refractivity contribution < 1.29 is 31.1 Å². The first-order chi connectivity index (χ1) is 6.21. The van der Waals surface area contributed by atoms with Crippen LogP contribution in [0.4, 0.5) is 26.3 Å². The highest BCUT2D eigenvalue weighted by atomic mass is 19.3. The number of hydrogen-bond donors (Lipinski definition) is 0. The maximum absolute atomic E-state index is 12.9. The molecule has 0 aliphatic carbocycles. The van der Waals surface area contributed by atoms with Gasteiger partial charge in [-0.05, 0) is 0 Å². The van der Waals surface area contributed by atoms with Gasteiger partial charge in [-0.15, -0.1) is 0 Å². The van der Waals surface area contributed by atoms with E-state index in [0.29, 0.717) is 7.18 Å². The standard InChI is InChI=1S/C6H7F5O.CH3F/c1-4(7,8)6(11)5(9,10)2-3-12-6;1-2/h2-3H2,1H3;1H3. The van der Waals surface area contributed by atoms with Crippen molar-refractivity contribution in [1.29, 1.82) is 0 Å². The van der Waals surface area contributed by atoms with Gasteiger partial charge in [0.1, 0.15) is 0 Å². The SMILES string of the molecule is CC(F)(F)C1(F)OCCC1(F)F.CF. The number of alkyl halides is 6.